The zero-order valence-corrected chi connectivity index (χ0v) is 12.1. The van der Waals surface area contributed by atoms with Gasteiger partial charge in [0.2, 0.25) is 0 Å². The monoisotopic (exact) mass is 335 g/mol. The molecule has 0 aromatic heterocycles. The largest absolute Gasteiger partial charge is 0.434 e. The van der Waals surface area contributed by atoms with E-state index >= 15 is 0 Å². The summed E-state index contributed by atoms with van der Waals surface area (Å²) >= 11 is 11.5. The molecule has 0 bridgehead atoms. The molecule has 112 valence electrons. The van der Waals surface area contributed by atoms with Crippen LogP contribution in [0, 0.1) is 5.82 Å². The fourth-order valence-electron chi connectivity index (χ4n) is 1.73. The van der Waals surface area contributed by atoms with Gasteiger partial charge in [-0.15, -0.1) is 0 Å². The Kier molecular flexibility index (Phi) is 5.20. The van der Waals surface area contributed by atoms with Crippen molar-refractivity contribution in [3.05, 3.63) is 57.8 Å². The van der Waals surface area contributed by atoms with Gasteiger partial charge in [-0.3, -0.25) is 0 Å². The third kappa shape index (κ3) is 4.19. The maximum absolute atomic E-state index is 13.7. The van der Waals surface area contributed by atoms with Crippen LogP contribution >= 0.6 is 23.2 Å². The Morgan fingerprint density at radius 1 is 1.14 bits per heavy atom. The van der Waals surface area contributed by atoms with E-state index in [1.165, 1.54) is 30.3 Å². The highest BCUT2D eigenvalue weighted by molar-refractivity contribution is 6.31. The highest BCUT2D eigenvalue weighted by atomic mass is 35.5. The van der Waals surface area contributed by atoms with Crippen molar-refractivity contribution in [2.75, 3.05) is 5.32 Å². The van der Waals surface area contributed by atoms with Crippen molar-refractivity contribution in [3.63, 3.8) is 0 Å². The fraction of sp³-hybridized carbons (Fsp3) is 0.143. The molecule has 0 fully saturated rings. The van der Waals surface area contributed by atoms with Gasteiger partial charge in [0.25, 0.3) is 0 Å². The van der Waals surface area contributed by atoms with Gasteiger partial charge in [-0.1, -0.05) is 29.3 Å². The van der Waals surface area contributed by atoms with Gasteiger partial charge in [0, 0.05) is 17.1 Å². The van der Waals surface area contributed by atoms with E-state index < -0.39 is 12.4 Å². The minimum Gasteiger partial charge on any atom is -0.434 e. The van der Waals surface area contributed by atoms with Gasteiger partial charge in [0.05, 0.1) is 10.7 Å². The van der Waals surface area contributed by atoms with E-state index in [0.29, 0.717) is 10.6 Å². The second kappa shape index (κ2) is 6.91. The number of hydrogen-bond acceptors (Lipinski definition) is 2. The van der Waals surface area contributed by atoms with E-state index in [4.69, 9.17) is 23.2 Å². The van der Waals surface area contributed by atoms with Crippen molar-refractivity contribution in [2.45, 2.75) is 13.2 Å². The molecule has 0 aliphatic carbocycles. The van der Waals surface area contributed by atoms with Gasteiger partial charge in [0.1, 0.15) is 5.75 Å². The predicted molar refractivity (Wildman–Crippen MR) is 76.8 cm³/mol. The SMILES string of the molecule is Fc1c(Cl)cccc1NCc1cc(Cl)ccc1OC(F)F. The number of ether oxygens (including phenoxy) is 1. The molecule has 2 aromatic carbocycles. The summed E-state index contributed by atoms with van der Waals surface area (Å²) in [5.74, 6) is -0.637. The van der Waals surface area contributed by atoms with Crippen molar-refractivity contribution in [3.8, 4) is 5.75 Å². The quantitative estimate of drug-likeness (QED) is 0.795. The normalized spacial score (nSPS) is 10.8. The molecule has 0 unspecified atom stereocenters. The summed E-state index contributed by atoms with van der Waals surface area (Å²) in [6, 6.07) is 8.70. The number of halogens is 5. The van der Waals surface area contributed by atoms with E-state index in [1.807, 2.05) is 0 Å². The van der Waals surface area contributed by atoms with Crippen LogP contribution in [-0.2, 0) is 6.54 Å². The lowest BCUT2D eigenvalue weighted by Gasteiger charge is -2.13. The van der Waals surface area contributed by atoms with Crippen LogP contribution < -0.4 is 10.1 Å². The van der Waals surface area contributed by atoms with Crippen molar-refractivity contribution < 1.29 is 17.9 Å². The van der Waals surface area contributed by atoms with Crippen molar-refractivity contribution in [1.29, 1.82) is 0 Å². The zero-order chi connectivity index (χ0) is 15.4. The number of hydrogen-bond donors (Lipinski definition) is 1. The van der Waals surface area contributed by atoms with E-state index in [0.717, 1.165) is 0 Å². The van der Waals surface area contributed by atoms with Gasteiger partial charge >= 0.3 is 6.61 Å². The molecule has 0 aliphatic rings. The summed E-state index contributed by atoms with van der Waals surface area (Å²) in [6.45, 7) is -2.90. The van der Waals surface area contributed by atoms with Crippen molar-refractivity contribution in [1.82, 2.24) is 0 Å². The van der Waals surface area contributed by atoms with E-state index in [-0.39, 0.29) is 23.0 Å². The Morgan fingerprint density at radius 2 is 1.90 bits per heavy atom. The summed E-state index contributed by atoms with van der Waals surface area (Å²) in [4.78, 5) is 0. The maximum Gasteiger partial charge on any atom is 0.387 e. The van der Waals surface area contributed by atoms with E-state index in [1.54, 1.807) is 6.07 Å². The van der Waals surface area contributed by atoms with Crippen LogP contribution in [0.25, 0.3) is 0 Å². The molecule has 0 atom stereocenters. The molecular formula is C14H10Cl2F3NO. The summed E-state index contributed by atoms with van der Waals surface area (Å²) in [5, 5.41) is 3.10. The molecule has 0 saturated carbocycles. The molecule has 0 saturated heterocycles. The fourth-order valence-corrected chi connectivity index (χ4v) is 2.10. The van der Waals surface area contributed by atoms with Gasteiger partial charge in [-0.25, -0.2) is 4.39 Å². The molecule has 0 spiro atoms. The minimum absolute atomic E-state index is 0.0238. The lowest BCUT2D eigenvalue weighted by Crippen LogP contribution is -2.08. The summed E-state index contributed by atoms with van der Waals surface area (Å²) in [7, 11) is 0. The molecular weight excluding hydrogens is 326 g/mol. The average Bonchev–Trinajstić information content (AvgIpc) is 2.42. The number of benzene rings is 2. The van der Waals surface area contributed by atoms with Crippen molar-refractivity contribution >= 4 is 28.9 Å². The van der Waals surface area contributed by atoms with Gasteiger partial charge in [0.15, 0.2) is 5.82 Å². The van der Waals surface area contributed by atoms with Gasteiger partial charge in [-0.2, -0.15) is 8.78 Å². The number of rotatable bonds is 5. The second-order valence-electron chi connectivity index (χ2n) is 4.09. The summed E-state index contributed by atoms with van der Waals surface area (Å²) in [5.41, 5.74) is 0.535. The Morgan fingerprint density at radius 3 is 2.62 bits per heavy atom. The Balaban J connectivity index is 2.19. The number of alkyl halides is 2. The van der Waals surface area contributed by atoms with E-state index in [2.05, 4.69) is 10.1 Å². The molecule has 0 radical (unpaired) electrons. The molecule has 2 nitrogen and oxygen atoms in total. The maximum atomic E-state index is 13.7. The van der Waals surface area contributed by atoms with Crippen LogP contribution in [0.2, 0.25) is 10.0 Å². The lowest BCUT2D eigenvalue weighted by atomic mass is 10.2. The smallest absolute Gasteiger partial charge is 0.387 e. The Labute approximate surface area is 129 Å². The van der Waals surface area contributed by atoms with Crippen LogP contribution in [0.15, 0.2) is 36.4 Å². The van der Waals surface area contributed by atoms with Gasteiger partial charge < -0.3 is 10.1 Å². The molecule has 0 aliphatic heterocycles. The molecule has 0 amide bonds. The number of anilines is 1. The minimum atomic E-state index is -2.95. The van der Waals surface area contributed by atoms with Crippen LogP contribution in [0.3, 0.4) is 0 Å². The first-order valence-corrected chi connectivity index (χ1v) is 6.64. The van der Waals surface area contributed by atoms with Gasteiger partial charge in [-0.05, 0) is 30.3 Å². The first-order valence-electron chi connectivity index (χ1n) is 5.88. The third-order valence-corrected chi connectivity index (χ3v) is 3.19. The zero-order valence-electron chi connectivity index (χ0n) is 10.5. The first kappa shape index (κ1) is 15.8. The topological polar surface area (TPSA) is 21.3 Å². The van der Waals surface area contributed by atoms with Crippen LogP contribution in [0.1, 0.15) is 5.56 Å². The average molecular weight is 336 g/mol. The predicted octanol–water partition coefficient (Wildman–Crippen LogP) is 5.35. The summed E-state index contributed by atoms with van der Waals surface area (Å²) in [6.07, 6.45) is 0. The molecule has 21 heavy (non-hydrogen) atoms. The third-order valence-electron chi connectivity index (χ3n) is 2.66. The molecule has 2 rings (SSSR count). The van der Waals surface area contributed by atoms with Crippen LogP contribution in [0.5, 0.6) is 5.75 Å². The van der Waals surface area contributed by atoms with E-state index in [9.17, 15) is 13.2 Å². The van der Waals surface area contributed by atoms with Crippen molar-refractivity contribution in [2.24, 2.45) is 0 Å². The highest BCUT2D eigenvalue weighted by Crippen LogP contribution is 2.27. The Bertz CT molecular complexity index is 638. The molecule has 7 heteroatoms. The van der Waals surface area contributed by atoms with Crippen LogP contribution in [0.4, 0.5) is 18.9 Å². The standard InChI is InChI=1S/C14H10Cl2F3NO/c15-9-4-5-12(21-14(18)19)8(6-9)7-20-11-3-1-2-10(16)13(11)17/h1-6,14,20H,7H2. The molecule has 0 heterocycles. The highest BCUT2D eigenvalue weighted by Gasteiger charge is 2.11. The lowest BCUT2D eigenvalue weighted by molar-refractivity contribution is -0.0504. The first-order chi connectivity index (χ1) is 9.97. The van der Waals surface area contributed by atoms with Crippen LogP contribution in [-0.4, -0.2) is 6.61 Å². The Hall–Kier alpha value is -1.59. The second-order valence-corrected chi connectivity index (χ2v) is 4.93. The summed E-state index contributed by atoms with van der Waals surface area (Å²) < 4.78 is 42.8. The molecule has 1 N–H and O–H groups in total. The number of nitrogens with one attached hydrogen (secondary N) is 1. The molecule has 2 aromatic rings.